The lowest BCUT2D eigenvalue weighted by Gasteiger charge is -2.02. The van der Waals surface area contributed by atoms with Crippen LogP contribution in [0.25, 0.3) is 0 Å². The van der Waals surface area contributed by atoms with Crippen molar-refractivity contribution in [1.82, 2.24) is 0 Å². The standard InChI is InChI=1S/C11H19FO3S/c1-3-4-6-14-8-9-16-11(12)5-7-15-10(2)13/h5H,3-4,6-9H2,1-2H3/b11-5-. The first-order valence-corrected chi connectivity index (χ1v) is 6.35. The molecule has 0 bridgehead atoms. The Bertz CT molecular complexity index is 219. The lowest BCUT2D eigenvalue weighted by atomic mass is 10.4. The number of hydrogen-bond donors (Lipinski definition) is 0. The predicted molar refractivity (Wildman–Crippen MR) is 64.0 cm³/mol. The first-order chi connectivity index (χ1) is 7.66. The molecule has 0 aromatic heterocycles. The molecule has 0 spiro atoms. The van der Waals surface area contributed by atoms with E-state index in [1.807, 2.05) is 0 Å². The molecule has 3 nitrogen and oxygen atoms in total. The van der Waals surface area contributed by atoms with E-state index in [0.29, 0.717) is 12.4 Å². The van der Waals surface area contributed by atoms with Gasteiger partial charge in [-0.05, 0) is 12.5 Å². The van der Waals surface area contributed by atoms with Gasteiger partial charge in [0.1, 0.15) is 6.61 Å². The van der Waals surface area contributed by atoms with Crippen LogP contribution in [0.5, 0.6) is 0 Å². The number of carbonyl (C=O) groups is 1. The Morgan fingerprint density at radius 3 is 2.81 bits per heavy atom. The summed E-state index contributed by atoms with van der Waals surface area (Å²) in [4.78, 5) is 10.4. The minimum Gasteiger partial charge on any atom is -0.462 e. The van der Waals surface area contributed by atoms with Gasteiger partial charge in [-0.15, -0.1) is 0 Å². The zero-order valence-corrected chi connectivity index (χ0v) is 10.6. The largest absolute Gasteiger partial charge is 0.462 e. The van der Waals surface area contributed by atoms with Crippen molar-refractivity contribution < 1.29 is 18.7 Å². The average molecular weight is 250 g/mol. The molecular formula is C11H19FO3S. The van der Waals surface area contributed by atoms with Gasteiger partial charge in [0.2, 0.25) is 0 Å². The van der Waals surface area contributed by atoms with Crippen molar-refractivity contribution in [2.75, 3.05) is 25.6 Å². The molecule has 0 saturated heterocycles. The van der Waals surface area contributed by atoms with E-state index in [1.54, 1.807) is 0 Å². The average Bonchev–Trinajstić information content (AvgIpc) is 2.22. The van der Waals surface area contributed by atoms with E-state index in [-0.39, 0.29) is 11.8 Å². The number of thioether (sulfide) groups is 1. The van der Waals surface area contributed by atoms with Crippen LogP contribution in [0.3, 0.4) is 0 Å². The maximum atomic E-state index is 13.0. The molecule has 0 saturated carbocycles. The van der Waals surface area contributed by atoms with E-state index < -0.39 is 5.97 Å². The third-order valence-corrected chi connectivity index (χ3v) is 2.45. The molecule has 0 aliphatic carbocycles. The lowest BCUT2D eigenvalue weighted by molar-refractivity contribution is -0.139. The van der Waals surface area contributed by atoms with E-state index >= 15 is 0 Å². The van der Waals surface area contributed by atoms with Crippen LogP contribution in [0.4, 0.5) is 4.39 Å². The summed E-state index contributed by atoms with van der Waals surface area (Å²) in [6.07, 6.45) is 3.39. The van der Waals surface area contributed by atoms with E-state index in [0.717, 1.165) is 31.2 Å². The topological polar surface area (TPSA) is 35.5 Å². The van der Waals surface area contributed by atoms with Crippen molar-refractivity contribution in [3.8, 4) is 0 Å². The highest BCUT2D eigenvalue weighted by Gasteiger charge is 1.97. The molecule has 0 N–H and O–H groups in total. The molecule has 0 radical (unpaired) electrons. The van der Waals surface area contributed by atoms with Crippen molar-refractivity contribution in [2.24, 2.45) is 0 Å². The second kappa shape index (κ2) is 11.0. The minimum atomic E-state index is -0.406. The molecule has 94 valence electrons. The fourth-order valence-corrected chi connectivity index (χ4v) is 1.41. The van der Waals surface area contributed by atoms with Crippen molar-refractivity contribution in [3.05, 3.63) is 11.2 Å². The summed E-state index contributed by atoms with van der Waals surface area (Å²) >= 11 is 1.06. The minimum absolute atomic E-state index is 0.00907. The van der Waals surface area contributed by atoms with Crippen LogP contribution < -0.4 is 0 Å². The molecule has 5 heteroatoms. The third-order valence-electron chi connectivity index (χ3n) is 1.64. The number of unbranched alkanes of at least 4 members (excludes halogenated alkanes) is 1. The van der Waals surface area contributed by atoms with Crippen LogP contribution in [0.15, 0.2) is 11.2 Å². The molecule has 16 heavy (non-hydrogen) atoms. The van der Waals surface area contributed by atoms with Gasteiger partial charge < -0.3 is 9.47 Å². The first kappa shape index (κ1) is 15.4. The molecular weight excluding hydrogens is 231 g/mol. The molecule has 0 amide bonds. The summed E-state index contributed by atoms with van der Waals surface area (Å²) in [7, 11) is 0. The highest BCUT2D eigenvalue weighted by atomic mass is 32.2. The lowest BCUT2D eigenvalue weighted by Crippen LogP contribution is -1.99. The van der Waals surface area contributed by atoms with Crippen molar-refractivity contribution in [1.29, 1.82) is 0 Å². The summed E-state index contributed by atoms with van der Waals surface area (Å²) in [5.74, 6) is 0.170. The summed E-state index contributed by atoms with van der Waals surface area (Å²) in [5.41, 5.74) is 0. The van der Waals surface area contributed by atoms with Gasteiger partial charge in [-0.1, -0.05) is 25.1 Å². The number of esters is 1. The number of ether oxygens (including phenoxy) is 2. The van der Waals surface area contributed by atoms with Crippen LogP contribution in [-0.4, -0.2) is 31.5 Å². The third kappa shape index (κ3) is 11.5. The van der Waals surface area contributed by atoms with Gasteiger partial charge in [-0.2, -0.15) is 4.39 Å². The summed E-state index contributed by atoms with van der Waals surface area (Å²) in [5, 5.41) is -0.333. The van der Waals surface area contributed by atoms with Crippen LogP contribution in [-0.2, 0) is 14.3 Å². The number of rotatable bonds is 9. The predicted octanol–water partition coefficient (Wildman–Crippen LogP) is 2.91. The number of halogens is 1. The molecule has 0 heterocycles. The van der Waals surface area contributed by atoms with Gasteiger partial charge in [0, 0.05) is 19.3 Å². The Kier molecular flexibility index (Phi) is 10.6. The SMILES string of the molecule is CCCCOCCS/C(F)=C\COC(C)=O. The van der Waals surface area contributed by atoms with Gasteiger partial charge in [-0.25, -0.2) is 0 Å². The smallest absolute Gasteiger partial charge is 0.302 e. The van der Waals surface area contributed by atoms with E-state index in [9.17, 15) is 9.18 Å². The quantitative estimate of drug-likeness (QED) is 0.465. The maximum absolute atomic E-state index is 13.0. The maximum Gasteiger partial charge on any atom is 0.302 e. The fourth-order valence-electron chi connectivity index (χ4n) is 0.830. The monoisotopic (exact) mass is 250 g/mol. The van der Waals surface area contributed by atoms with Gasteiger partial charge in [0.25, 0.3) is 0 Å². The van der Waals surface area contributed by atoms with Gasteiger partial charge >= 0.3 is 5.97 Å². The second-order valence-corrected chi connectivity index (χ2v) is 4.21. The summed E-state index contributed by atoms with van der Waals surface area (Å²) < 4.78 is 22.8. The van der Waals surface area contributed by atoms with Crippen molar-refractivity contribution in [2.45, 2.75) is 26.7 Å². The Morgan fingerprint density at radius 2 is 2.19 bits per heavy atom. The van der Waals surface area contributed by atoms with Crippen LogP contribution in [0.2, 0.25) is 0 Å². The Balaban J connectivity index is 3.35. The zero-order valence-electron chi connectivity index (χ0n) is 9.83. The van der Waals surface area contributed by atoms with Gasteiger partial charge in [0.05, 0.1) is 6.61 Å². The summed E-state index contributed by atoms with van der Waals surface area (Å²) in [6.45, 7) is 4.65. The van der Waals surface area contributed by atoms with Gasteiger partial charge in [-0.3, -0.25) is 4.79 Å². The number of carbonyl (C=O) groups excluding carboxylic acids is 1. The Labute approximate surface area is 100 Å². The molecule has 0 fully saturated rings. The normalized spacial score (nSPS) is 11.6. The second-order valence-electron chi connectivity index (χ2n) is 3.13. The van der Waals surface area contributed by atoms with Crippen LogP contribution in [0.1, 0.15) is 26.7 Å². The van der Waals surface area contributed by atoms with E-state index in [2.05, 4.69) is 11.7 Å². The molecule has 0 aromatic rings. The van der Waals surface area contributed by atoms with Gasteiger partial charge in [0.15, 0.2) is 5.16 Å². The van der Waals surface area contributed by atoms with E-state index in [1.165, 1.54) is 13.0 Å². The molecule has 0 aliphatic heterocycles. The zero-order chi connectivity index (χ0) is 12.2. The Morgan fingerprint density at radius 1 is 1.44 bits per heavy atom. The molecule has 0 rings (SSSR count). The van der Waals surface area contributed by atoms with Crippen LogP contribution in [0, 0.1) is 0 Å². The molecule has 0 aromatic carbocycles. The Hall–Kier alpha value is -0.550. The highest BCUT2D eigenvalue weighted by Crippen LogP contribution is 2.16. The van der Waals surface area contributed by atoms with Crippen molar-refractivity contribution >= 4 is 17.7 Å². The molecule has 0 aliphatic rings. The number of hydrogen-bond acceptors (Lipinski definition) is 4. The van der Waals surface area contributed by atoms with E-state index in [4.69, 9.17) is 4.74 Å². The fraction of sp³-hybridized carbons (Fsp3) is 0.727. The molecule has 0 atom stereocenters. The summed E-state index contributed by atoms with van der Waals surface area (Å²) in [6, 6.07) is 0. The highest BCUT2D eigenvalue weighted by molar-refractivity contribution is 8.02. The van der Waals surface area contributed by atoms with Crippen molar-refractivity contribution in [3.63, 3.8) is 0 Å². The molecule has 0 unspecified atom stereocenters. The van der Waals surface area contributed by atoms with Crippen LogP contribution >= 0.6 is 11.8 Å². The first-order valence-electron chi connectivity index (χ1n) is 5.36.